The number of thiazole rings is 1. The summed E-state index contributed by atoms with van der Waals surface area (Å²) in [6.45, 7) is 2.02. The third-order valence-corrected chi connectivity index (χ3v) is 4.31. The number of hydrogen-bond donors (Lipinski definition) is 0. The second kappa shape index (κ2) is 6.61. The average Bonchev–Trinajstić information content (AvgIpc) is 3.02. The summed E-state index contributed by atoms with van der Waals surface area (Å²) in [5.74, 6) is 0. The van der Waals surface area contributed by atoms with E-state index in [0.717, 1.165) is 28.4 Å². The van der Waals surface area contributed by atoms with Gasteiger partial charge in [0, 0.05) is 10.9 Å². The maximum absolute atomic E-state index is 12.7. The van der Waals surface area contributed by atoms with Crippen LogP contribution in [-0.4, -0.2) is 4.98 Å². The summed E-state index contributed by atoms with van der Waals surface area (Å²) in [7, 11) is 0. The molecule has 122 valence electrons. The molecule has 0 N–H and O–H groups in total. The van der Waals surface area contributed by atoms with Gasteiger partial charge in [-0.1, -0.05) is 48.0 Å². The zero-order valence-electron chi connectivity index (χ0n) is 12.8. The fourth-order valence-electron chi connectivity index (χ4n) is 2.21. The lowest BCUT2D eigenvalue weighted by atomic mass is 10.1. The normalized spacial score (nSPS) is 12.0. The Kier molecular flexibility index (Phi) is 4.53. The molecule has 24 heavy (non-hydrogen) atoms. The van der Waals surface area contributed by atoms with Crippen LogP contribution in [0.1, 0.15) is 21.7 Å². The fourth-order valence-corrected chi connectivity index (χ4v) is 2.93. The molecule has 0 atom stereocenters. The van der Waals surface area contributed by atoms with Crippen molar-refractivity contribution in [3.63, 3.8) is 0 Å². The zero-order chi connectivity index (χ0) is 17.2. The van der Waals surface area contributed by atoms with E-state index >= 15 is 0 Å². The summed E-state index contributed by atoms with van der Waals surface area (Å²) in [6.07, 6.45) is -0.950. The minimum atomic E-state index is -4.33. The Morgan fingerprint density at radius 1 is 1.00 bits per heavy atom. The molecule has 0 fully saturated rings. The highest BCUT2D eigenvalue weighted by molar-refractivity contribution is 7.10. The summed E-state index contributed by atoms with van der Waals surface area (Å²) >= 11 is 1.46. The van der Waals surface area contributed by atoms with Crippen molar-refractivity contribution < 1.29 is 13.2 Å². The van der Waals surface area contributed by atoms with Gasteiger partial charge in [0.05, 0.1) is 11.3 Å². The van der Waals surface area contributed by atoms with Crippen LogP contribution in [0.4, 0.5) is 13.2 Å². The van der Waals surface area contributed by atoms with Crippen molar-refractivity contribution >= 4 is 23.5 Å². The van der Waals surface area contributed by atoms with Gasteiger partial charge in [-0.05, 0) is 30.7 Å². The number of benzene rings is 2. The lowest BCUT2D eigenvalue weighted by molar-refractivity contribution is -0.137. The van der Waals surface area contributed by atoms with E-state index in [1.807, 2.05) is 36.6 Å². The van der Waals surface area contributed by atoms with E-state index in [9.17, 15) is 13.2 Å². The molecule has 1 nitrogen and oxygen atoms in total. The van der Waals surface area contributed by atoms with Crippen molar-refractivity contribution in [2.24, 2.45) is 0 Å². The van der Waals surface area contributed by atoms with Crippen molar-refractivity contribution in [1.29, 1.82) is 0 Å². The van der Waals surface area contributed by atoms with Crippen LogP contribution in [-0.2, 0) is 6.18 Å². The number of nitrogens with zero attached hydrogens (tertiary/aromatic N) is 1. The minimum Gasteiger partial charge on any atom is -0.237 e. The molecule has 0 amide bonds. The average molecular weight is 345 g/mol. The molecule has 0 radical (unpaired) electrons. The van der Waals surface area contributed by atoms with Gasteiger partial charge in [0.25, 0.3) is 0 Å². The lowest BCUT2D eigenvalue weighted by Gasteiger charge is -2.06. The topological polar surface area (TPSA) is 12.9 Å². The predicted molar refractivity (Wildman–Crippen MR) is 92.7 cm³/mol. The van der Waals surface area contributed by atoms with Crippen LogP contribution in [0.3, 0.4) is 0 Å². The van der Waals surface area contributed by atoms with Gasteiger partial charge in [0.15, 0.2) is 0 Å². The van der Waals surface area contributed by atoms with E-state index in [0.29, 0.717) is 5.56 Å². The molecule has 5 heteroatoms. The molecule has 1 heterocycles. The highest BCUT2D eigenvalue weighted by atomic mass is 32.1. The molecule has 3 rings (SSSR count). The van der Waals surface area contributed by atoms with Gasteiger partial charge < -0.3 is 0 Å². The largest absolute Gasteiger partial charge is 0.416 e. The van der Waals surface area contributed by atoms with Gasteiger partial charge in [-0.15, -0.1) is 11.3 Å². The number of rotatable bonds is 3. The molecule has 0 aliphatic rings. The van der Waals surface area contributed by atoms with Crippen molar-refractivity contribution in [2.45, 2.75) is 13.1 Å². The summed E-state index contributed by atoms with van der Waals surface area (Å²) in [5.41, 5.74) is 2.92. The smallest absolute Gasteiger partial charge is 0.237 e. The summed E-state index contributed by atoms with van der Waals surface area (Å²) in [4.78, 5) is 4.51. The first-order valence-electron chi connectivity index (χ1n) is 7.30. The monoisotopic (exact) mass is 345 g/mol. The first-order chi connectivity index (χ1) is 11.4. The van der Waals surface area contributed by atoms with Crippen LogP contribution in [0, 0.1) is 6.92 Å². The molecule has 0 spiro atoms. The Morgan fingerprint density at radius 3 is 2.46 bits per heavy atom. The predicted octanol–water partition coefficient (Wildman–Crippen LogP) is 6.31. The van der Waals surface area contributed by atoms with Crippen molar-refractivity contribution in [2.75, 3.05) is 0 Å². The lowest BCUT2D eigenvalue weighted by Crippen LogP contribution is -2.04. The highest BCUT2D eigenvalue weighted by Gasteiger charge is 2.30. The van der Waals surface area contributed by atoms with E-state index < -0.39 is 11.7 Å². The summed E-state index contributed by atoms with van der Waals surface area (Å²) in [5, 5.41) is 2.69. The molecule has 1 aromatic heterocycles. The standard InChI is InChI=1S/C19H14F3NS/c1-13-5-8-15(9-6-13)17-12-24-18(23-17)10-7-14-3-2-4-16(11-14)19(20,21)22/h2-12H,1H3/b10-7+. The van der Waals surface area contributed by atoms with E-state index in [1.165, 1.54) is 23.0 Å². The number of hydrogen-bond acceptors (Lipinski definition) is 2. The van der Waals surface area contributed by atoms with Crippen LogP contribution in [0.2, 0.25) is 0 Å². The third kappa shape index (κ3) is 3.92. The van der Waals surface area contributed by atoms with Crippen molar-refractivity contribution in [3.8, 4) is 11.3 Å². The van der Waals surface area contributed by atoms with Gasteiger partial charge in [-0.3, -0.25) is 0 Å². The molecular weight excluding hydrogens is 331 g/mol. The van der Waals surface area contributed by atoms with E-state index in [1.54, 1.807) is 18.2 Å². The zero-order valence-corrected chi connectivity index (χ0v) is 13.7. The van der Waals surface area contributed by atoms with E-state index in [-0.39, 0.29) is 0 Å². The maximum atomic E-state index is 12.7. The molecule has 0 unspecified atom stereocenters. The van der Waals surface area contributed by atoms with E-state index in [4.69, 9.17) is 0 Å². The van der Waals surface area contributed by atoms with Gasteiger partial charge >= 0.3 is 6.18 Å². The van der Waals surface area contributed by atoms with Crippen LogP contribution in [0.25, 0.3) is 23.4 Å². The molecular formula is C19H14F3NS. The Balaban J connectivity index is 1.79. The Hall–Kier alpha value is -2.40. The van der Waals surface area contributed by atoms with Crippen molar-refractivity contribution in [3.05, 3.63) is 75.6 Å². The van der Waals surface area contributed by atoms with Gasteiger partial charge in [-0.25, -0.2) is 4.98 Å². The Bertz CT molecular complexity index is 861. The SMILES string of the molecule is Cc1ccc(-c2csc(/C=C/c3cccc(C(F)(F)F)c3)n2)cc1. The summed E-state index contributed by atoms with van der Waals surface area (Å²) < 4.78 is 38.1. The molecule has 0 saturated carbocycles. The highest BCUT2D eigenvalue weighted by Crippen LogP contribution is 2.30. The van der Waals surface area contributed by atoms with Gasteiger partial charge in [0.2, 0.25) is 0 Å². The van der Waals surface area contributed by atoms with Gasteiger partial charge in [0.1, 0.15) is 5.01 Å². The number of alkyl halides is 3. The Labute approximate surface area is 142 Å². The minimum absolute atomic E-state index is 0.497. The van der Waals surface area contributed by atoms with Crippen LogP contribution in [0.15, 0.2) is 53.9 Å². The first kappa shape index (κ1) is 16.5. The second-order valence-electron chi connectivity index (χ2n) is 5.39. The molecule has 0 aliphatic carbocycles. The molecule has 0 aliphatic heterocycles. The molecule has 2 aromatic carbocycles. The third-order valence-electron chi connectivity index (χ3n) is 3.50. The quantitative estimate of drug-likeness (QED) is 0.542. The number of aromatic nitrogens is 1. The van der Waals surface area contributed by atoms with Crippen LogP contribution >= 0.6 is 11.3 Å². The molecule has 3 aromatic rings. The van der Waals surface area contributed by atoms with E-state index in [2.05, 4.69) is 4.98 Å². The maximum Gasteiger partial charge on any atom is 0.416 e. The summed E-state index contributed by atoms with van der Waals surface area (Å²) in [6, 6.07) is 13.3. The second-order valence-corrected chi connectivity index (χ2v) is 6.28. The first-order valence-corrected chi connectivity index (χ1v) is 8.18. The Morgan fingerprint density at radius 2 is 1.75 bits per heavy atom. The number of halogens is 3. The fraction of sp³-hybridized carbons (Fsp3) is 0.105. The molecule has 0 bridgehead atoms. The van der Waals surface area contributed by atoms with Crippen LogP contribution in [0.5, 0.6) is 0 Å². The van der Waals surface area contributed by atoms with Gasteiger partial charge in [-0.2, -0.15) is 13.2 Å². The number of aryl methyl sites for hydroxylation is 1. The molecule has 0 saturated heterocycles. The van der Waals surface area contributed by atoms with Crippen molar-refractivity contribution in [1.82, 2.24) is 4.98 Å². The van der Waals surface area contributed by atoms with Crippen LogP contribution < -0.4 is 0 Å².